The first kappa shape index (κ1) is 75.1. The van der Waals surface area contributed by atoms with E-state index in [0.717, 1.165) is 113 Å². The van der Waals surface area contributed by atoms with Gasteiger partial charge < -0.3 is 60.6 Å². The van der Waals surface area contributed by atoms with Crippen LogP contribution in [0.15, 0.2) is 315 Å². The zero-order valence-electron chi connectivity index (χ0n) is 57.6. The number of carboxylic acids is 4. The second-order valence-corrected chi connectivity index (χ2v) is 24.0. The molecule has 16 heteroatoms. The Hall–Kier alpha value is -13.1. The Morgan fingerprint density at radius 1 is 0.212 bits per heavy atom. The Morgan fingerprint density at radius 2 is 0.394 bits per heavy atom. The van der Waals surface area contributed by atoms with Crippen molar-refractivity contribution in [3.05, 3.63) is 360 Å². The van der Waals surface area contributed by atoms with E-state index in [-0.39, 0.29) is 25.7 Å². The van der Waals surface area contributed by atoms with Gasteiger partial charge in [-0.25, -0.2) is 0 Å². The van der Waals surface area contributed by atoms with Crippen LogP contribution in [0.25, 0.3) is 0 Å². The number of carboxylic acid groups (broad SMARTS) is 4. The fourth-order valence-corrected chi connectivity index (χ4v) is 10.4. The number of anilines is 4. The van der Waals surface area contributed by atoms with Gasteiger partial charge >= 0.3 is 23.9 Å². The van der Waals surface area contributed by atoms with Gasteiger partial charge in [-0.1, -0.05) is 170 Å². The summed E-state index contributed by atoms with van der Waals surface area (Å²) in [6.07, 6.45) is 2.82. The van der Waals surface area contributed by atoms with Crippen LogP contribution >= 0.6 is 0 Å². The summed E-state index contributed by atoms with van der Waals surface area (Å²) in [7, 11) is 0. The quantitative estimate of drug-likeness (QED) is 0.0196. The SMILES string of the molecule is O=C(O)CCc1ccc(NCc2cccc(Oc3ccccc3)c2)cc1.O=C(O)CCc1ccc(NCc2cccc(Oc3ccccc3)c2)cc1.O=C(O)CCc1ccc(NCc2cccc(Oc3ccccc3)c2)cc1.O=C(O)CCc1ccc(NCc2cccc(Oc3ccccc3)c2)cc1. The van der Waals surface area contributed by atoms with Gasteiger partial charge in [0.05, 0.1) is 0 Å². The number of nitrogens with one attached hydrogen (secondary N) is 4. The van der Waals surface area contributed by atoms with Crippen molar-refractivity contribution >= 4 is 46.6 Å². The molecular formula is C88H84N4O12. The average Bonchev–Trinajstić information content (AvgIpc) is 0.933. The molecule has 0 fully saturated rings. The first-order valence-corrected chi connectivity index (χ1v) is 34.2. The fourth-order valence-electron chi connectivity index (χ4n) is 10.4. The van der Waals surface area contributed by atoms with Crippen molar-refractivity contribution in [2.75, 3.05) is 21.3 Å². The Labute approximate surface area is 606 Å². The lowest BCUT2D eigenvalue weighted by atomic mass is 10.1. The minimum atomic E-state index is -0.773. The summed E-state index contributed by atoms with van der Waals surface area (Å²) in [6.45, 7) is 2.72. The second kappa shape index (κ2) is 41.5. The zero-order chi connectivity index (χ0) is 72.8. The molecule has 0 bridgehead atoms. The number of aryl methyl sites for hydroxylation is 4. The Bertz CT molecular complexity index is 3970. The fraction of sp³-hybridized carbons (Fsp3) is 0.136. The van der Waals surface area contributed by atoms with Crippen molar-refractivity contribution < 1.29 is 58.6 Å². The van der Waals surface area contributed by atoms with Crippen LogP contribution in [0, 0.1) is 0 Å². The van der Waals surface area contributed by atoms with Gasteiger partial charge in [-0.15, -0.1) is 0 Å². The summed E-state index contributed by atoms with van der Waals surface area (Å²) in [5.41, 5.74) is 12.6. The maximum absolute atomic E-state index is 10.6. The van der Waals surface area contributed by atoms with Crippen molar-refractivity contribution in [2.24, 2.45) is 0 Å². The van der Waals surface area contributed by atoms with Crippen molar-refractivity contribution in [2.45, 2.75) is 77.5 Å². The van der Waals surface area contributed by atoms with Gasteiger partial charge in [-0.3, -0.25) is 19.2 Å². The molecule has 104 heavy (non-hydrogen) atoms. The van der Waals surface area contributed by atoms with Crippen molar-refractivity contribution in [3.8, 4) is 46.0 Å². The van der Waals surface area contributed by atoms with Crippen molar-refractivity contribution in [3.63, 3.8) is 0 Å². The molecule has 0 aliphatic carbocycles. The van der Waals surface area contributed by atoms with Gasteiger partial charge in [0.1, 0.15) is 46.0 Å². The van der Waals surface area contributed by atoms with Crippen LogP contribution < -0.4 is 40.2 Å². The lowest BCUT2D eigenvalue weighted by Gasteiger charge is -2.10. The van der Waals surface area contributed by atoms with Gasteiger partial charge in [-0.2, -0.15) is 0 Å². The highest BCUT2D eigenvalue weighted by molar-refractivity contribution is 5.68. The van der Waals surface area contributed by atoms with E-state index < -0.39 is 23.9 Å². The number of benzene rings is 12. The van der Waals surface area contributed by atoms with Crippen molar-refractivity contribution in [1.29, 1.82) is 0 Å². The van der Waals surface area contributed by atoms with E-state index in [9.17, 15) is 19.2 Å². The number of ether oxygens (including phenoxy) is 4. The molecule has 0 aromatic heterocycles. The number of para-hydroxylation sites is 4. The summed E-state index contributed by atoms with van der Waals surface area (Å²) in [4.78, 5) is 42.5. The molecule has 12 aromatic rings. The van der Waals surface area contributed by atoms with Gasteiger partial charge in [0.15, 0.2) is 0 Å². The molecule has 0 aliphatic rings. The molecule has 0 saturated carbocycles. The largest absolute Gasteiger partial charge is 0.481 e. The normalized spacial score (nSPS) is 10.3. The molecule has 0 heterocycles. The highest BCUT2D eigenvalue weighted by atomic mass is 16.5. The molecule has 12 aromatic carbocycles. The van der Waals surface area contributed by atoms with Gasteiger partial charge in [0.2, 0.25) is 0 Å². The van der Waals surface area contributed by atoms with Gasteiger partial charge in [0, 0.05) is 74.6 Å². The Balaban J connectivity index is 0.000000161. The van der Waals surface area contributed by atoms with E-state index in [0.29, 0.717) is 51.9 Å². The summed E-state index contributed by atoms with van der Waals surface area (Å²) in [5.74, 6) is 3.38. The Morgan fingerprint density at radius 3 is 0.577 bits per heavy atom. The highest BCUT2D eigenvalue weighted by Crippen LogP contribution is 2.28. The summed E-state index contributed by atoms with van der Waals surface area (Å²) >= 11 is 0. The van der Waals surface area contributed by atoms with Gasteiger partial charge in [-0.05, 0) is 216 Å². The molecule has 16 nitrogen and oxygen atoms in total. The summed E-state index contributed by atoms with van der Waals surface area (Å²) in [5, 5.41) is 48.4. The van der Waals surface area contributed by atoms with Crippen molar-refractivity contribution in [1.82, 2.24) is 0 Å². The molecule has 0 aliphatic heterocycles. The second-order valence-electron chi connectivity index (χ2n) is 24.0. The average molecular weight is 1390 g/mol. The summed E-state index contributed by atoms with van der Waals surface area (Å²) in [6, 6.07) is 102. The maximum Gasteiger partial charge on any atom is 0.303 e. The number of hydrogen-bond donors (Lipinski definition) is 8. The third-order valence-electron chi connectivity index (χ3n) is 15.8. The molecule has 0 radical (unpaired) electrons. The predicted octanol–water partition coefficient (Wildman–Crippen LogP) is 20.4. The lowest BCUT2D eigenvalue weighted by Crippen LogP contribution is -2.00. The smallest absolute Gasteiger partial charge is 0.303 e. The molecule has 0 atom stereocenters. The number of hydrogen-bond acceptors (Lipinski definition) is 12. The minimum Gasteiger partial charge on any atom is -0.481 e. The van der Waals surface area contributed by atoms with Crippen LogP contribution in [0.2, 0.25) is 0 Å². The first-order chi connectivity index (χ1) is 50.7. The molecule has 0 amide bonds. The van der Waals surface area contributed by atoms with Crippen LogP contribution in [0.1, 0.15) is 70.2 Å². The van der Waals surface area contributed by atoms with Crippen LogP contribution in [0.4, 0.5) is 22.7 Å². The molecule has 0 unspecified atom stereocenters. The first-order valence-electron chi connectivity index (χ1n) is 34.2. The molecule has 528 valence electrons. The van der Waals surface area contributed by atoms with Crippen LogP contribution in [0.5, 0.6) is 46.0 Å². The third kappa shape index (κ3) is 28.6. The van der Waals surface area contributed by atoms with E-state index in [2.05, 4.69) is 21.3 Å². The van der Waals surface area contributed by atoms with E-state index in [1.54, 1.807) is 0 Å². The predicted molar refractivity (Wildman–Crippen MR) is 411 cm³/mol. The van der Waals surface area contributed by atoms with E-state index >= 15 is 0 Å². The van der Waals surface area contributed by atoms with Crippen LogP contribution in [-0.2, 0) is 71.0 Å². The maximum atomic E-state index is 10.6. The van der Waals surface area contributed by atoms with Crippen LogP contribution in [0.3, 0.4) is 0 Å². The molecule has 0 saturated heterocycles. The van der Waals surface area contributed by atoms with Crippen LogP contribution in [-0.4, -0.2) is 44.3 Å². The number of rotatable bonds is 32. The van der Waals surface area contributed by atoms with E-state index in [4.69, 9.17) is 39.4 Å². The molecular weight excluding hydrogens is 1300 g/mol. The van der Waals surface area contributed by atoms with Gasteiger partial charge in [0.25, 0.3) is 0 Å². The topological polar surface area (TPSA) is 234 Å². The monoisotopic (exact) mass is 1390 g/mol. The minimum absolute atomic E-state index is 0.154. The molecule has 8 N–H and O–H groups in total. The van der Waals surface area contributed by atoms with E-state index in [1.807, 2.05) is 315 Å². The third-order valence-corrected chi connectivity index (χ3v) is 15.8. The number of carbonyl (C=O) groups is 4. The molecule has 12 rings (SSSR count). The molecule has 0 spiro atoms. The Kier molecular flexibility index (Phi) is 30.0. The standard InChI is InChI=1S/4C22H21NO3/c4*24-22(25)14-11-17-9-12-19(13-10-17)23-16-18-5-4-8-21(15-18)26-20-6-2-1-3-7-20/h4*1-10,12-13,15,23H,11,14,16H2,(H,24,25). The zero-order valence-corrected chi connectivity index (χ0v) is 57.6. The highest BCUT2D eigenvalue weighted by Gasteiger charge is 2.08. The van der Waals surface area contributed by atoms with E-state index in [1.165, 1.54) is 0 Å². The number of aliphatic carboxylic acids is 4. The lowest BCUT2D eigenvalue weighted by molar-refractivity contribution is -0.138. The summed E-state index contributed by atoms with van der Waals surface area (Å²) < 4.78 is 23.4.